The standard InChI is InChI=1S/C15H11Cl2N3O/c1-9-8-20-6-2-3-11(14(20)18-9)15(21)19-10-4-5-12(16)13(17)7-10/h2-8H,1H3,(H,19,21). The van der Waals surface area contributed by atoms with Crippen LogP contribution in [0.15, 0.2) is 42.7 Å². The van der Waals surface area contributed by atoms with Crippen LogP contribution >= 0.6 is 23.2 Å². The Balaban J connectivity index is 1.95. The summed E-state index contributed by atoms with van der Waals surface area (Å²) in [6, 6.07) is 8.48. The minimum absolute atomic E-state index is 0.246. The molecule has 0 spiro atoms. The second-order valence-corrected chi connectivity index (χ2v) is 5.43. The summed E-state index contributed by atoms with van der Waals surface area (Å²) in [7, 11) is 0. The number of nitrogens with zero attached hydrogens (tertiary/aromatic N) is 2. The topological polar surface area (TPSA) is 46.4 Å². The number of pyridine rings is 1. The van der Waals surface area contributed by atoms with Gasteiger partial charge in [-0.15, -0.1) is 0 Å². The van der Waals surface area contributed by atoms with Crippen molar-refractivity contribution >= 4 is 40.4 Å². The van der Waals surface area contributed by atoms with Gasteiger partial charge in [0.15, 0.2) is 0 Å². The molecule has 3 aromatic rings. The van der Waals surface area contributed by atoms with E-state index in [4.69, 9.17) is 23.2 Å². The van der Waals surface area contributed by atoms with Crippen molar-refractivity contribution in [1.82, 2.24) is 9.38 Å². The summed E-state index contributed by atoms with van der Waals surface area (Å²) in [4.78, 5) is 16.8. The fraction of sp³-hybridized carbons (Fsp3) is 0.0667. The summed E-state index contributed by atoms with van der Waals surface area (Å²) >= 11 is 11.8. The van der Waals surface area contributed by atoms with E-state index in [2.05, 4.69) is 10.3 Å². The van der Waals surface area contributed by atoms with Gasteiger partial charge in [-0.3, -0.25) is 4.79 Å². The molecule has 0 atom stereocenters. The fourth-order valence-electron chi connectivity index (χ4n) is 2.09. The van der Waals surface area contributed by atoms with Crippen molar-refractivity contribution in [2.24, 2.45) is 0 Å². The zero-order valence-corrected chi connectivity index (χ0v) is 12.6. The monoisotopic (exact) mass is 319 g/mol. The van der Waals surface area contributed by atoms with Crippen LogP contribution in [-0.2, 0) is 0 Å². The summed E-state index contributed by atoms with van der Waals surface area (Å²) in [5.74, 6) is -0.246. The zero-order chi connectivity index (χ0) is 15.0. The first-order valence-electron chi connectivity index (χ1n) is 6.25. The van der Waals surface area contributed by atoms with Gasteiger partial charge in [-0.25, -0.2) is 4.98 Å². The summed E-state index contributed by atoms with van der Waals surface area (Å²) in [5.41, 5.74) is 2.55. The summed E-state index contributed by atoms with van der Waals surface area (Å²) < 4.78 is 1.82. The second kappa shape index (κ2) is 5.39. The predicted octanol–water partition coefficient (Wildman–Crippen LogP) is 4.20. The maximum atomic E-state index is 12.4. The molecule has 0 unspecified atom stereocenters. The van der Waals surface area contributed by atoms with Crippen molar-refractivity contribution in [3.63, 3.8) is 0 Å². The molecule has 6 heteroatoms. The zero-order valence-electron chi connectivity index (χ0n) is 11.1. The Labute approximate surface area is 131 Å². The number of benzene rings is 1. The van der Waals surface area contributed by atoms with E-state index in [1.807, 2.05) is 23.7 Å². The third-order valence-corrected chi connectivity index (χ3v) is 3.76. The smallest absolute Gasteiger partial charge is 0.259 e. The number of rotatable bonds is 2. The van der Waals surface area contributed by atoms with E-state index in [0.29, 0.717) is 26.9 Å². The number of fused-ring (bicyclic) bond motifs is 1. The predicted molar refractivity (Wildman–Crippen MR) is 84.3 cm³/mol. The van der Waals surface area contributed by atoms with Crippen molar-refractivity contribution in [2.75, 3.05) is 5.32 Å². The second-order valence-electron chi connectivity index (χ2n) is 4.62. The third-order valence-electron chi connectivity index (χ3n) is 3.03. The maximum absolute atomic E-state index is 12.4. The van der Waals surface area contributed by atoms with Gasteiger partial charge in [-0.2, -0.15) is 0 Å². The molecule has 0 bridgehead atoms. The highest BCUT2D eigenvalue weighted by Gasteiger charge is 2.13. The van der Waals surface area contributed by atoms with Crippen LogP contribution in [0, 0.1) is 6.92 Å². The van der Waals surface area contributed by atoms with Gasteiger partial charge < -0.3 is 9.72 Å². The van der Waals surface area contributed by atoms with Crippen LogP contribution in [0.3, 0.4) is 0 Å². The number of imidazole rings is 1. The number of halogens is 2. The molecule has 1 N–H and O–H groups in total. The average molecular weight is 320 g/mol. The van der Waals surface area contributed by atoms with Gasteiger partial charge in [0.05, 0.1) is 21.3 Å². The third kappa shape index (κ3) is 2.73. The molecule has 21 heavy (non-hydrogen) atoms. The quantitative estimate of drug-likeness (QED) is 0.769. The van der Waals surface area contributed by atoms with Crippen molar-refractivity contribution in [3.05, 3.63) is 64.0 Å². The minimum Gasteiger partial charge on any atom is -0.322 e. The Morgan fingerprint density at radius 2 is 2.05 bits per heavy atom. The number of carbonyl (C=O) groups excluding carboxylic acids is 1. The first-order chi connectivity index (χ1) is 10.0. The molecule has 1 aromatic carbocycles. The Morgan fingerprint density at radius 3 is 2.81 bits per heavy atom. The van der Waals surface area contributed by atoms with E-state index in [-0.39, 0.29) is 5.91 Å². The summed E-state index contributed by atoms with van der Waals surface area (Å²) in [6.07, 6.45) is 3.72. The van der Waals surface area contributed by atoms with Crippen molar-refractivity contribution in [2.45, 2.75) is 6.92 Å². The number of nitrogens with one attached hydrogen (secondary N) is 1. The van der Waals surface area contributed by atoms with Crippen molar-refractivity contribution < 1.29 is 4.79 Å². The lowest BCUT2D eigenvalue weighted by molar-refractivity contribution is 0.102. The minimum atomic E-state index is -0.246. The highest BCUT2D eigenvalue weighted by Crippen LogP contribution is 2.25. The Bertz CT molecular complexity index is 842. The van der Waals surface area contributed by atoms with Gasteiger partial charge in [0, 0.05) is 18.1 Å². The molecule has 106 valence electrons. The lowest BCUT2D eigenvalue weighted by Gasteiger charge is -2.07. The van der Waals surface area contributed by atoms with E-state index >= 15 is 0 Å². The molecule has 0 aliphatic carbocycles. The lowest BCUT2D eigenvalue weighted by atomic mass is 10.2. The summed E-state index contributed by atoms with van der Waals surface area (Å²) in [6.45, 7) is 1.88. The van der Waals surface area contributed by atoms with Crippen LogP contribution in [0.1, 0.15) is 16.1 Å². The molecule has 0 saturated carbocycles. The lowest BCUT2D eigenvalue weighted by Crippen LogP contribution is -2.13. The van der Waals surface area contributed by atoms with Crippen LogP contribution < -0.4 is 5.32 Å². The molecule has 2 heterocycles. The normalized spacial score (nSPS) is 10.8. The number of aromatic nitrogens is 2. The largest absolute Gasteiger partial charge is 0.322 e. The first-order valence-corrected chi connectivity index (χ1v) is 7.01. The number of aryl methyl sites for hydroxylation is 1. The Kier molecular flexibility index (Phi) is 3.57. The highest BCUT2D eigenvalue weighted by molar-refractivity contribution is 6.42. The molecule has 0 aliphatic rings. The Morgan fingerprint density at radius 1 is 1.24 bits per heavy atom. The number of carbonyl (C=O) groups is 1. The maximum Gasteiger partial charge on any atom is 0.259 e. The van der Waals surface area contributed by atoms with Crippen molar-refractivity contribution in [1.29, 1.82) is 0 Å². The van der Waals surface area contributed by atoms with Crippen LogP contribution in [0.25, 0.3) is 5.65 Å². The fourth-order valence-corrected chi connectivity index (χ4v) is 2.38. The Hall–Kier alpha value is -2.04. The molecule has 0 aliphatic heterocycles. The molecule has 0 saturated heterocycles. The van der Waals surface area contributed by atoms with Crippen LogP contribution in [-0.4, -0.2) is 15.3 Å². The van der Waals surface area contributed by atoms with Crippen LogP contribution in [0.5, 0.6) is 0 Å². The van der Waals surface area contributed by atoms with Gasteiger partial charge in [0.1, 0.15) is 5.65 Å². The molecule has 1 amide bonds. The van der Waals surface area contributed by atoms with Gasteiger partial charge in [-0.05, 0) is 37.3 Å². The van der Waals surface area contributed by atoms with Gasteiger partial charge in [0.2, 0.25) is 0 Å². The van der Waals surface area contributed by atoms with E-state index in [9.17, 15) is 4.79 Å². The average Bonchev–Trinajstić information content (AvgIpc) is 2.82. The van der Waals surface area contributed by atoms with Gasteiger partial charge in [-0.1, -0.05) is 23.2 Å². The molecular formula is C15H11Cl2N3O. The SMILES string of the molecule is Cc1cn2cccc(C(=O)Nc3ccc(Cl)c(Cl)c3)c2n1. The summed E-state index contributed by atoms with van der Waals surface area (Å²) in [5, 5.41) is 3.63. The van der Waals surface area contributed by atoms with E-state index in [1.54, 1.807) is 30.3 Å². The molecule has 0 radical (unpaired) electrons. The van der Waals surface area contributed by atoms with Gasteiger partial charge >= 0.3 is 0 Å². The molecule has 2 aromatic heterocycles. The number of hydrogen-bond donors (Lipinski definition) is 1. The van der Waals surface area contributed by atoms with Gasteiger partial charge in [0.25, 0.3) is 5.91 Å². The molecule has 0 fully saturated rings. The highest BCUT2D eigenvalue weighted by atomic mass is 35.5. The number of amides is 1. The van der Waals surface area contributed by atoms with Crippen molar-refractivity contribution in [3.8, 4) is 0 Å². The number of anilines is 1. The molecular weight excluding hydrogens is 309 g/mol. The van der Waals surface area contributed by atoms with E-state index in [0.717, 1.165) is 5.69 Å². The number of hydrogen-bond acceptors (Lipinski definition) is 2. The van der Waals surface area contributed by atoms with E-state index in [1.165, 1.54) is 0 Å². The molecule has 4 nitrogen and oxygen atoms in total. The van der Waals surface area contributed by atoms with E-state index < -0.39 is 0 Å². The van der Waals surface area contributed by atoms with Crippen LogP contribution in [0.4, 0.5) is 5.69 Å². The molecule has 3 rings (SSSR count). The first kappa shape index (κ1) is 13.9. The van der Waals surface area contributed by atoms with Crippen LogP contribution in [0.2, 0.25) is 10.0 Å².